The Balaban J connectivity index is 3.50. The largest absolute Gasteiger partial charge is 0.506 e. The number of nitriles is 1. The summed E-state index contributed by atoms with van der Waals surface area (Å²) >= 11 is 5.62. The molecule has 1 N–H and O–H groups in total. The number of hydrogen-bond acceptors (Lipinski definition) is 3. The molecule has 0 radical (unpaired) electrons. The number of phenolic OH excluding ortho intramolecular Hbond substituents is 1. The van der Waals surface area contributed by atoms with Gasteiger partial charge >= 0.3 is 0 Å². The van der Waals surface area contributed by atoms with Crippen LogP contribution in [0.4, 0.5) is 0 Å². The highest BCUT2D eigenvalue weighted by atomic mass is 35.5. The highest BCUT2D eigenvalue weighted by Gasteiger charge is 2.13. The van der Waals surface area contributed by atoms with E-state index in [2.05, 4.69) is 0 Å². The van der Waals surface area contributed by atoms with Crippen molar-refractivity contribution in [3.63, 3.8) is 0 Å². The van der Waals surface area contributed by atoms with Gasteiger partial charge in [0.1, 0.15) is 16.8 Å². The first-order chi connectivity index (χ1) is 6.07. The molecule has 0 heterocycles. The van der Waals surface area contributed by atoms with Gasteiger partial charge in [-0.3, -0.25) is 4.79 Å². The predicted molar refractivity (Wildman–Crippen MR) is 47.8 cm³/mol. The average Bonchev–Trinajstić information content (AvgIpc) is 2.09. The molecule has 0 spiro atoms. The number of carbonyl (C=O) groups excluding carboxylic acids is 1. The van der Waals surface area contributed by atoms with E-state index in [0.717, 1.165) is 0 Å². The molecule has 0 aliphatic rings. The Bertz CT molecular complexity index is 407. The van der Waals surface area contributed by atoms with Crippen molar-refractivity contribution in [2.24, 2.45) is 0 Å². The number of rotatable bonds is 1. The third-order valence-electron chi connectivity index (χ3n) is 1.61. The minimum Gasteiger partial charge on any atom is -0.506 e. The number of hydrogen-bond donors (Lipinski definition) is 1. The fraction of sp³-hybridized carbons (Fsp3) is 0.111. The average molecular weight is 196 g/mol. The molecule has 1 aromatic carbocycles. The first-order valence-electron chi connectivity index (χ1n) is 3.50. The number of halogens is 1. The zero-order valence-corrected chi connectivity index (χ0v) is 7.59. The fourth-order valence-electron chi connectivity index (χ4n) is 0.968. The number of benzene rings is 1. The molecule has 1 rings (SSSR count). The minimum absolute atomic E-state index is 0.0224. The highest BCUT2D eigenvalue weighted by Crippen LogP contribution is 2.29. The second-order valence-corrected chi connectivity index (χ2v) is 2.87. The number of ketones is 1. The van der Waals surface area contributed by atoms with Gasteiger partial charge in [-0.25, -0.2) is 0 Å². The van der Waals surface area contributed by atoms with Crippen LogP contribution in [-0.2, 0) is 0 Å². The van der Waals surface area contributed by atoms with Gasteiger partial charge in [-0.05, 0) is 19.1 Å². The van der Waals surface area contributed by atoms with E-state index in [1.807, 2.05) is 0 Å². The van der Waals surface area contributed by atoms with Crippen LogP contribution in [0.1, 0.15) is 22.8 Å². The number of Topliss-reactive ketones (excluding diaryl/α,β-unsaturated/α-hetero) is 1. The molecule has 0 unspecified atom stereocenters. The summed E-state index contributed by atoms with van der Waals surface area (Å²) < 4.78 is 0. The Kier molecular flexibility index (Phi) is 2.54. The summed E-state index contributed by atoms with van der Waals surface area (Å²) in [6.45, 7) is 1.34. The molecule has 0 aromatic heterocycles. The maximum absolute atomic E-state index is 11.0. The number of nitrogens with zero attached hydrogens (tertiary/aromatic N) is 1. The van der Waals surface area contributed by atoms with E-state index < -0.39 is 0 Å². The molecule has 0 aliphatic carbocycles. The number of phenols is 1. The second-order valence-electron chi connectivity index (χ2n) is 2.49. The van der Waals surface area contributed by atoms with Crippen LogP contribution in [0.5, 0.6) is 5.75 Å². The lowest BCUT2D eigenvalue weighted by Gasteiger charge is -2.02. The van der Waals surface area contributed by atoms with Gasteiger partial charge < -0.3 is 5.11 Å². The van der Waals surface area contributed by atoms with E-state index in [0.29, 0.717) is 0 Å². The van der Waals surface area contributed by atoms with E-state index in [-0.39, 0.29) is 27.7 Å². The second kappa shape index (κ2) is 3.46. The summed E-state index contributed by atoms with van der Waals surface area (Å²) in [5.74, 6) is -0.443. The lowest BCUT2D eigenvalue weighted by Crippen LogP contribution is -1.97. The lowest BCUT2D eigenvalue weighted by atomic mass is 10.1. The summed E-state index contributed by atoms with van der Waals surface area (Å²) in [6, 6.07) is 4.44. The lowest BCUT2D eigenvalue weighted by molar-refractivity contribution is 0.101. The number of aromatic hydroxyl groups is 1. The molecule has 13 heavy (non-hydrogen) atoms. The van der Waals surface area contributed by atoms with Crippen molar-refractivity contribution in [3.8, 4) is 11.8 Å². The van der Waals surface area contributed by atoms with Crippen molar-refractivity contribution >= 4 is 17.4 Å². The summed E-state index contributed by atoms with van der Waals surface area (Å²) in [7, 11) is 0. The van der Waals surface area contributed by atoms with Crippen molar-refractivity contribution < 1.29 is 9.90 Å². The molecule has 0 amide bonds. The maximum Gasteiger partial charge on any atom is 0.161 e. The van der Waals surface area contributed by atoms with Crippen LogP contribution in [0, 0.1) is 11.3 Å². The van der Waals surface area contributed by atoms with E-state index in [4.69, 9.17) is 22.0 Å². The zero-order valence-electron chi connectivity index (χ0n) is 6.84. The maximum atomic E-state index is 11.0. The van der Waals surface area contributed by atoms with Crippen molar-refractivity contribution in [2.75, 3.05) is 0 Å². The van der Waals surface area contributed by atoms with Crippen LogP contribution in [0.25, 0.3) is 0 Å². The van der Waals surface area contributed by atoms with E-state index in [1.54, 1.807) is 6.07 Å². The van der Waals surface area contributed by atoms with E-state index in [9.17, 15) is 4.79 Å². The summed E-state index contributed by atoms with van der Waals surface area (Å²) in [5, 5.41) is 17.7. The summed E-state index contributed by atoms with van der Waals surface area (Å²) in [5.41, 5.74) is 0.250. The van der Waals surface area contributed by atoms with Crippen LogP contribution >= 0.6 is 11.6 Å². The molecule has 0 saturated heterocycles. The minimum atomic E-state index is -0.251. The summed E-state index contributed by atoms with van der Waals surface area (Å²) in [4.78, 5) is 11.0. The zero-order chi connectivity index (χ0) is 10.0. The van der Waals surface area contributed by atoms with Crippen molar-refractivity contribution in [3.05, 3.63) is 28.3 Å². The van der Waals surface area contributed by atoms with Crippen LogP contribution in [0.2, 0.25) is 5.02 Å². The van der Waals surface area contributed by atoms with Gasteiger partial charge in [0.15, 0.2) is 5.78 Å². The molecule has 0 fully saturated rings. The van der Waals surface area contributed by atoms with Gasteiger partial charge in [-0.1, -0.05) is 11.6 Å². The Morgan fingerprint density at radius 1 is 1.62 bits per heavy atom. The van der Waals surface area contributed by atoms with Gasteiger partial charge in [0.25, 0.3) is 0 Å². The van der Waals surface area contributed by atoms with Gasteiger partial charge in [0.2, 0.25) is 0 Å². The molecule has 0 atom stereocenters. The van der Waals surface area contributed by atoms with Crippen LogP contribution in [0.15, 0.2) is 12.1 Å². The Labute approximate surface area is 80.2 Å². The first kappa shape index (κ1) is 9.56. The highest BCUT2D eigenvalue weighted by molar-refractivity contribution is 6.33. The molecule has 66 valence electrons. The Morgan fingerprint density at radius 2 is 2.23 bits per heavy atom. The smallest absolute Gasteiger partial charge is 0.161 e. The van der Waals surface area contributed by atoms with E-state index >= 15 is 0 Å². The van der Waals surface area contributed by atoms with Crippen molar-refractivity contribution in [1.29, 1.82) is 5.26 Å². The normalized spacial score (nSPS) is 9.31. The van der Waals surface area contributed by atoms with Crippen molar-refractivity contribution in [2.45, 2.75) is 6.92 Å². The topological polar surface area (TPSA) is 61.1 Å². The third-order valence-corrected chi connectivity index (χ3v) is 2.00. The van der Waals surface area contributed by atoms with Gasteiger partial charge in [-0.2, -0.15) is 5.26 Å². The van der Waals surface area contributed by atoms with Crippen LogP contribution in [-0.4, -0.2) is 10.9 Å². The molecular formula is C9H6ClNO2. The predicted octanol–water partition coefficient (Wildman–Crippen LogP) is 2.12. The number of carbonyl (C=O) groups is 1. The monoisotopic (exact) mass is 195 g/mol. The Morgan fingerprint density at radius 3 is 2.69 bits per heavy atom. The molecule has 1 aromatic rings. The molecule has 4 heteroatoms. The van der Waals surface area contributed by atoms with Crippen LogP contribution < -0.4 is 0 Å². The van der Waals surface area contributed by atoms with Crippen molar-refractivity contribution in [1.82, 2.24) is 0 Å². The van der Waals surface area contributed by atoms with Gasteiger partial charge in [0.05, 0.1) is 5.56 Å². The molecule has 3 nitrogen and oxygen atoms in total. The van der Waals surface area contributed by atoms with Gasteiger partial charge in [0, 0.05) is 5.56 Å². The van der Waals surface area contributed by atoms with E-state index in [1.165, 1.54) is 19.1 Å². The fourth-order valence-corrected chi connectivity index (χ4v) is 1.17. The first-order valence-corrected chi connectivity index (χ1v) is 3.88. The SMILES string of the molecule is CC(=O)c1ccc(O)c(Cl)c1C#N. The van der Waals surface area contributed by atoms with Gasteiger partial charge in [-0.15, -0.1) is 0 Å². The molecule has 0 bridgehead atoms. The summed E-state index contributed by atoms with van der Waals surface area (Å²) in [6.07, 6.45) is 0. The molecule has 0 aliphatic heterocycles. The standard InChI is InChI=1S/C9H6ClNO2/c1-5(12)6-2-3-8(13)9(10)7(6)4-11/h2-3,13H,1H3. The van der Waals surface area contributed by atoms with Crippen LogP contribution in [0.3, 0.4) is 0 Å². The molecule has 0 saturated carbocycles. The third kappa shape index (κ3) is 1.63. The quantitative estimate of drug-likeness (QED) is 0.699. The molecular weight excluding hydrogens is 190 g/mol. The Hall–Kier alpha value is -1.53.